The van der Waals surface area contributed by atoms with Crippen LogP contribution in [0.3, 0.4) is 0 Å². The Balaban J connectivity index is 2.37. The molecule has 1 rings (SSSR count). The topological polar surface area (TPSA) is 60.2 Å². The summed E-state index contributed by atoms with van der Waals surface area (Å²) in [5.41, 5.74) is 0. The molecule has 0 aromatic carbocycles. The molecule has 5 heteroatoms. The van der Waals surface area contributed by atoms with Crippen LogP contribution in [0, 0.1) is 0 Å². The van der Waals surface area contributed by atoms with Crippen molar-refractivity contribution in [2.75, 3.05) is 13.7 Å². The van der Waals surface area contributed by atoms with E-state index in [4.69, 9.17) is 9.26 Å². The molecule has 0 saturated heterocycles. The number of hydrogen-bond acceptors (Lipinski definition) is 5. The summed E-state index contributed by atoms with van der Waals surface area (Å²) in [6.45, 7) is 7.36. The molecule has 0 radical (unpaired) electrons. The van der Waals surface area contributed by atoms with E-state index < -0.39 is 0 Å². The lowest BCUT2D eigenvalue weighted by Crippen LogP contribution is -2.23. The highest BCUT2D eigenvalue weighted by atomic mass is 16.5. The van der Waals surface area contributed by atoms with Crippen LogP contribution in [0.5, 0.6) is 0 Å². The minimum atomic E-state index is -0.0405. The zero-order valence-electron chi connectivity index (χ0n) is 11.9. The number of aromatic nitrogens is 2. The van der Waals surface area contributed by atoms with Gasteiger partial charge in [-0.3, -0.25) is 0 Å². The zero-order chi connectivity index (χ0) is 13.4. The Morgan fingerprint density at radius 3 is 2.78 bits per heavy atom. The van der Waals surface area contributed by atoms with Crippen molar-refractivity contribution in [3.8, 4) is 0 Å². The lowest BCUT2D eigenvalue weighted by molar-refractivity contribution is 0.0854. The molecule has 1 unspecified atom stereocenters. The van der Waals surface area contributed by atoms with E-state index in [1.807, 2.05) is 0 Å². The minimum Gasteiger partial charge on any atom is -0.373 e. The van der Waals surface area contributed by atoms with Gasteiger partial charge in [0.2, 0.25) is 11.7 Å². The molecule has 5 nitrogen and oxygen atoms in total. The molecule has 0 spiro atoms. The first-order valence-corrected chi connectivity index (χ1v) is 6.76. The molecule has 0 bridgehead atoms. The predicted octanol–water partition coefficient (Wildman–Crippen LogP) is 2.49. The van der Waals surface area contributed by atoms with Gasteiger partial charge in [0.25, 0.3) is 0 Å². The zero-order valence-corrected chi connectivity index (χ0v) is 11.9. The highest BCUT2D eigenvalue weighted by Crippen LogP contribution is 2.19. The van der Waals surface area contributed by atoms with E-state index in [0.29, 0.717) is 17.8 Å². The second-order valence-electron chi connectivity index (χ2n) is 4.77. The molecule has 0 aliphatic rings. The van der Waals surface area contributed by atoms with E-state index >= 15 is 0 Å². The van der Waals surface area contributed by atoms with E-state index in [1.54, 1.807) is 7.11 Å². The maximum absolute atomic E-state index is 5.35. The molecular formula is C13H25N3O2. The number of nitrogens with one attached hydrogen (secondary N) is 1. The van der Waals surface area contributed by atoms with Crippen molar-refractivity contribution >= 4 is 0 Å². The SMILES string of the molecule is CCCC(OC)c1noc(CCCNC(C)C)n1. The first-order valence-electron chi connectivity index (χ1n) is 6.76. The van der Waals surface area contributed by atoms with Crippen molar-refractivity contribution in [1.82, 2.24) is 15.5 Å². The van der Waals surface area contributed by atoms with Gasteiger partial charge in [0.15, 0.2) is 0 Å². The van der Waals surface area contributed by atoms with Crippen LogP contribution >= 0.6 is 0 Å². The largest absolute Gasteiger partial charge is 0.373 e. The summed E-state index contributed by atoms with van der Waals surface area (Å²) in [6, 6.07) is 0.519. The molecule has 0 aliphatic heterocycles. The summed E-state index contributed by atoms with van der Waals surface area (Å²) in [5, 5.41) is 7.35. The summed E-state index contributed by atoms with van der Waals surface area (Å²) in [7, 11) is 1.68. The fourth-order valence-electron chi connectivity index (χ4n) is 1.75. The van der Waals surface area contributed by atoms with Crippen LogP contribution in [0.2, 0.25) is 0 Å². The van der Waals surface area contributed by atoms with Gasteiger partial charge >= 0.3 is 0 Å². The molecule has 0 amide bonds. The van der Waals surface area contributed by atoms with Gasteiger partial charge in [0.05, 0.1) is 0 Å². The van der Waals surface area contributed by atoms with Crippen LogP contribution in [-0.4, -0.2) is 29.8 Å². The van der Waals surface area contributed by atoms with E-state index in [0.717, 1.165) is 32.2 Å². The molecule has 104 valence electrons. The average Bonchev–Trinajstić information content (AvgIpc) is 2.80. The van der Waals surface area contributed by atoms with Crippen molar-refractivity contribution in [3.63, 3.8) is 0 Å². The molecule has 1 atom stereocenters. The molecule has 0 saturated carbocycles. The van der Waals surface area contributed by atoms with Gasteiger partial charge in [-0.1, -0.05) is 32.3 Å². The Morgan fingerprint density at radius 1 is 1.39 bits per heavy atom. The molecule has 1 N–H and O–H groups in total. The summed E-state index contributed by atoms with van der Waals surface area (Å²) in [5.74, 6) is 1.37. The van der Waals surface area contributed by atoms with Crippen molar-refractivity contribution in [1.29, 1.82) is 0 Å². The Labute approximate surface area is 109 Å². The van der Waals surface area contributed by atoms with Gasteiger partial charge in [-0.2, -0.15) is 4.98 Å². The van der Waals surface area contributed by atoms with Crippen LogP contribution in [0.15, 0.2) is 4.52 Å². The fourth-order valence-corrected chi connectivity index (χ4v) is 1.75. The first-order chi connectivity index (χ1) is 8.67. The maximum Gasteiger partial charge on any atom is 0.226 e. The molecular weight excluding hydrogens is 230 g/mol. The minimum absolute atomic E-state index is 0.0405. The third-order valence-corrected chi connectivity index (χ3v) is 2.73. The Morgan fingerprint density at radius 2 is 2.17 bits per heavy atom. The summed E-state index contributed by atoms with van der Waals surface area (Å²) < 4.78 is 10.6. The molecule has 18 heavy (non-hydrogen) atoms. The van der Waals surface area contributed by atoms with Gasteiger partial charge in [0.1, 0.15) is 6.10 Å². The van der Waals surface area contributed by atoms with Gasteiger partial charge < -0.3 is 14.6 Å². The second kappa shape index (κ2) is 8.21. The smallest absolute Gasteiger partial charge is 0.226 e. The number of methoxy groups -OCH3 is 1. The van der Waals surface area contributed by atoms with E-state index in [-0.39, 0.29) is 6.10 Å². The lowest BCUT2D eigenvalue weighted by atomic mass is 10.2. The van der Waals surface area contributed by atoms with Gasteiger partial charge in [0, 0.05) is 19.6 Å². The second-order valence-corrected chi connectivity index (χ2v) is 4.77. The number of ether oxygens (including phenoxy) is 1. The first kappa shape index (κ1) is 15.1. The number of nitrogens with zero attached hydrogens (tertiary/aromatic N) is 2. The number of rotatable bonds is 9. The highest BCUT2D eigenvalue weighted by Gasteiger charge is 2.16. The van der Waals surface area contributed by atoms with Crippen LogP contribution in [0.1, 0.15) is 57.9 Å². The molecule has 0 fully saturated rings. The fraction of sp³-hybridized carbons (Fsp3) is 0.846. The molecule has 1 heterocycles. The van der Waals surface area contributed by atoms with Gasteiger partial charge in [-0.05, 0) is 19.4 Å². The average molecular weight is 255 g/mol. The van der Waals surface area contributed by atoms with Crippen LogP contribution in [0.4, 0.5) is 0 Å². The van der Waals surface area contributed by atoms with Crippen molar-refractivity contribution < 1.29 is 9.26 Å². The number of aryl methyl sites for hydroxylation is 1. The van der Waals surface area contributed by atoms with E-state index in [2.05, 4.69) is 36.2 Å². The molecule has 1 aromatic rings. The summed E-state index contributed by atoms with van der Waals surface area (Å²) in [6.07, 6.45) is 3.74. The third kappa shape index (κ3) is 5.14. The van der Waals surface area contributed by atoms with Crippen LogP contribution in [0.25, 0.3) is 0 Å². The third-order valence-electron chi connectivity index (χ3n) is 2.73. The van der Waals surface area contributed by atoms with E-state index in [9.17, 15) is 0 Å². The molecule has 0 aliphatic carbocycles. The standard InChI is InChI=1S/C13H25N3O2/c1-5-7-11(17-4)13-15-12(18-16-13)8-6-9-14-10(2)3/h10-11,14H,5-9H2,1-4H3. The van der Waals surface area contributed by atoms with Gasteiger partial charge in [-0.25, -0.2) is 0 Å². The highest BCUT2D eigenvalue weighted by molar-refractivity contribution is 4.91. The molecule has 1 aromatic heterocycles. The lowest BCUT2D eigenvalue weighted by Gasteiger charge is -2.08. The van der Waals surface area contributed by atoms with Crippen molar-refractivity contribution in [2.45, 2.75) is 58.6 Å². The quantitative estimate of drug-likeness (QED) is 0.687. The maximum atomic E-state index is 5.35. The van der Waals surface area contributed by atoms with Crippen LogP contribution < -0.4 is 5.32 Å². The predicted molar refractivity (Wildman–Crippen MR) is 70.4 cm³/mol. The monoisotopic (exact) mass is 255 g/mol. The summed E-state index contributed by atoms with van der Waals surface area (Å²) in [4.78, 5) is 4.39. The Kier molecular flexibility index (Phi) is 6.90. The Bertz CT molecular complexity index is 326. The summed E-state index contributed by atoms with van der Waals surface area (Å²) >= 11 is 0. The van der Waals surface area contributed by atoms with Crippen molar-refractivity contribution in [2.24, 2.45) is 0 Å². The Hall–Kier alpha value is -0.940. The van der Waals surface area contributed by atoms with Crippen LogP contribution in [-0.2, 0) is 11.2 Å². The van der Waals surface area contributed by atoms with E-state index in [1.165, 1.54) is 0 Å². The van der Waals surface area contributed by atoms with Crippen molar-refractivity contribution in [3.05, 3.63) is 11.7 Å². The number of hydrogen-bond donors (Lipinski definition) is 1. The normalized spacial score (nSPS) is 13.2. The van der Waals surface area contributed by atoms with Gasteiger partial charge in [-0.15, -0.1) is 0 Å².